The molecule has 13 heteroatoms. The van der Waals surface area contributed by atoms with Gasteiger partial charge in [0.2, 0.25) is 5.91 Å². The number of halogens is 1. The van der Waals surface area contributed by atoms with Gasteiger partial charge < -0.3 is 15.2 Å². The van der Waals surface area contributed by atoms with Crippen LogP contribution in [0.5, 0.6) is 0 Å². The lowest BCUT2D eigenvalue weighted by Crippen LogP contribution is -2.56. The largest absolute Gasteiger partial charge is 0.394 e. The van der Waals surface area contributed by atoms with E-state index in [1.54, 1.807) is 26.8 Å². The van der Waals surface area contributed by atoms with Gasteiger partial charge in [-0.3, -0.25) is 14.2 Å². The Balaban J connectivity index is 2.03. The second-order valence-corrected chi connectivity index (χ2v) is 11.5. The zero-order chi connectivity index (χ0) is 30.1. The van der Waals surface area contributed by atoms with Crippen molar-refractivity contribution in [1.29, 1.82) is 0 Å². The van der Waals surface area contributed by atoms with Gasteiger partial charge in [0.1, 0.15) is 27.3 Å². The van der Waals surface area contributed by atoms with Gasteiger partial charge in [-0.2, -0.15) is 10.2 Å². The number of aliphatic hydroxyl groups excluding tert-OH is 1. The van der Waals surface area contributed by atoms with Gasteiger partial charge in [0.25, 0.3) is 5.56 Å². The van der Waals surface area contributed by atoms with Crippen LogP contribution in [-0.4, -0.2) is 54.4 Å². The Morgan fingerprint density at radius 3 is 2.51 bits per heavy atom. The van der Waals surface area contributed by atoms with E-state index < -0.39 is 34.6 Å². The van der Waals surface area contributed by atoms with Gasteiger partial charge in [-0.1, -0.05) is 24.3 Å². The number of aliphatic hydroxyl groups is 1. The monoisotopic (exact) mass is 586 g/mol. The highest BCUT2D eigenvalue weighted by Gasteiger charge is 2.36. The van der Waals surface area contributed by atoms with Crippen LogP contribution < -0.4 is 16.6 Å². The minimum absolute atomic E-state index is 0.0594. The molecule has 0 radical (unpaired) electrons. The zero-order valence-corrected chi connectivity index (χ0v) is 24.8. The smallest absolute Gasteiger partial charge is 0.333 e. The van der Waals surface area contributed by atoms with Crippen molar-refractivity contribution in [3.63, 3.8) is 0 Å². The first-order valence-electron chi connectivity index (χ1n) is 13.4. The standard InChI is InChI=1S/C28H35FN6O5S/c1-7-18-8-9-19(29)14-20(18)21(40-13-12-36)15-33-25-22(17(4)24(41-25)35-30-10-11-31-35)23(37)34(27(33)39)28(5,6)26(38)32-16(2)3/h8-11,14,16,21,36H,7,12-13,15H2,1-6H3,(H,32,38). The number of carbonyl (C=O) groups excluding carboxylic acids is 1. The number of amides is 1. The van der Waals surface area contributed by atoms with Crippen LogP contribution in [0.4, 0.5) is 4.39 Å². The van der Waals surface area contributed by atoms with Crippen molar-refractivity contribution in [2.45, 2.75) is 72.2 Å². The fourth-order valence-electron chi connectivity index (χ4n) is 4.83. The summed E-state index contributed by atoms with van der Waals surface area (Å²) in [6, 6.07) is 4.16. The van der Waals surface area contributed by atoms with Crippen LogP contribution in [0.15, 0.2) is 40.2 Å². The molecule has 11 nitrogen and oxygen atoms in total. The van der Waals surface area contributed by atoms with Crippen molar-refractivity contribution < 1.29 is 19.0 Å². The SMILES string of the molecule is CCc1ccc(F)cc1C(Cn1c(=O)n(C(C)(C)C(=O)NC(C)C)c(=O)c2c(C)c(-n3nccn3)sc21)OCCO. The minimum Gasteiger partial charge on any atom is -0.394 e. The van der Waals surface area contributed by atoms with E-state index in [-0.39, 0.29) is 31.2 Å². The normalized spacial score (nSPS) is 12.8. The Bertz CT molecular complexity index is 1670. The first-order chi connectivity index (χ1) is 19.4. The number of nitrogens with one attached hydrogen (secondary N) is 1. The molecular formula is C28H35FN6O5S. The van der Waals surface area contributed by atoms with E-state index in [9.17, 15) is 23.9 Å². The number of aromatic nitrogens is 5. The topological polar surface area (TPSA) is 133 Å². The Hall–Kier alpha value is -3.68. The maximum absolute atomic E-state index is 14.4. The third-order valence-corrected chi connectivity index (χ3v) is 8.20. The van der Waals surface area contributed by atoms with E-state index in [0.717, 1.165) is 21.5 Å². The summed E-state index contributed by atoms with van der Waals surface area (Å²) in [7, 11) is 0. The van der Waals surface area contributed by atoms with Gasteiger partial charge >= 0.3 is 5.69 Å². The number of benzene rings is 1. The number of hydrogen-bond donors (Lipinski definition) is 2. The summed E-state index contributed by atoms with van der Waals surface area (Å²) in [4.78, 5) is 43.3. The maximum Gasteiger partial charge on any atom is 0.333 e. The molecule has 0 aliphatic carbocycles. The Labute approximate surface area is 240 Å². The number of aryl methyl sites for hydroxylation is 2. The number of hydrogen-bond acceptors (Lipinski definition) is 8. The van der Waals surface area contributed by atoms with Crippen molar-refractivity contribution in [1.82, 2.24) is 29.4 Å². The van der Waals surface area contributed by atoms with E-state index in [2.05, 4.69) is 15.5 Å². The van der Waals surface area contributed by atoms with Gasteiger partial charge in [0, 0.05) is 11.6 Å². The average molecular weight is 587 g/mol. The molecule has 0 saturated carbocycles. The van der Waals surface area contributed by atoms with E-state index in [0.29, 0.717) is 27.4 Å². The number of fused-ring (bicyclic) bond motifs is 1. The van der Waals surface area contributed by atoms with Gasteiger partial charge in [-0.25, -0.2) is 13.8 Å². The highest BCUT2D eigenvalue weighted by molar-refractivity contribution is 7.21. The summed E-state index contributed by atoms with van der Waals surface area (Å²) in [6.07, 6.45) is 2.74. The van der Waals surface area contributed by atoms with Crippen LogP contribution >= 0.6 is 11.3 Å². The number of nitrogens with zero attached hydrogens (tertiary/aromatic N) is 5. The Morgan fingerprint density at radius 2 is 1.90 bits per heavy atom. The molecule has 4 aromatic rings. The zero-order valence-electron chi connectivity index (χ0n) is 24.0. The summed E-state index contributed by atoms with van der Waals surface area (Å²) in [5.41, 5.74) is -1.02. The summed E-state index contributed by atoms with van der Waals surface area (Å²) in [6.45, 7) is 9.82. The third kappa shape index (κ3) is 5.74. The summed E-state index contributed by atoms with van der Waals surface area (Å²) >= 11 is 1.16. The number of rotatable bonds is 11. The predicted molar refractivity (Wildman–Crippen MR) is 154 cm³/mol. The molecule has 1 unspecified atom stereocenters. The van der Waals surface area contributed by atoms with Gasteiger partial charge in [0.05, 0.1) is 37.5 Å². The molecule has 0 aliphatic heterocycles. The van der Waals surface area contributed by atoms with Gasteiger partial charge in [-0.05, 0) is 64.3 Å². The molecule has 2 N–H and O–H groups in total. The van der Waals surface area contributed by atoms with Crippen molar-refractivity contribution in [3.05, 3.63) is 73.9 Å². The molecule has 1 atom stereocenters. The van der Waals surface area contributed by atoms with Crippen LogP contribution in [0.25, 0.3) is 15.2 Å². The average Bonchev–Trinajstić information content (AvgIpc) is 3.56. The Kier molecular flexibility index (Phi) is 8.90. The highest BCUT2D eigenvalue weighted by atomic mass is 32.1. The molecule has 4 rings (SSSR count). The molecular weight excluding hydrogens is 551 g/mol. The van der Waals surface area contributed by atoms with Gasteiger partial charge in [0.15, 0.2) is 0 Å². The summed E-state index contributed by atoms with van der Waals surface area (Å²) in [5.74, 6) is -0.964. The number of thiophene rings is 1. The lowest BCUT2D eigenvalue weighted by Gasteiger charge is -2.28. The Morgan fingerprint density at radius 1 is 1.22 bits per heavy atom. The third-order valence-electron chi connectivity index (χ3n) is 6.92. The minimum atomic E-state index is -1.55. The first kappa shape index (κ1) is 30.3. The molecule has 1 aromatic carbocycles. The van der Waals surface area contributed by atoms with Crippen molar-refractivity contribution in [2.24, 2.45) is 0 Å². The van der Waals surface area contributed by atoms with Crippen LogP contribution in [0, 0.1) is 12.7 Å². The van der Waals surface area contributed by atoms with Gasteiger partial charge in [-0.15, -0.1) is 4.80 Å². The van der Waals surface area contributed by atoms with E-state index >= 15 is 0 Å². The van der Waals surface area contributed by atoms with Crippen LogP contribution in [-0.2, 0) is 28.0 Å². The number of ether oxygens (including phenoxy) is 1. The molecule has 0 fully saturated rings. The molecule has 220 valence electrons. The van der Waals surface area contributed by atoms with Crippen LogP contribution in [0.3, 0.4) is 0 Å². The quantitative estimate of drug-likeness (QED) is 0.276. The summed E-state index contributed by atoms with van der Waals surface area (Å²) in [5, 5.41) is 21.5. The van der Waals surface area contributed by atoms with E-state index in [1.165, 1.54) is 47.7 Å². The lowest BCUT2D eigenvalue weighted by molar-refractivity contribution is -0.129. The van der Waals surface area contributed by atoms with Crippen molar-refractivity contribution in [3.8, 4) is 5.00 Å². The molecule has 0 saturated heterocycles. The maximum atomic E-state index is 14.4. The summed E-state index contributed by atoms with van der Waals surface area (Å²) < 4.78 is 22.8. The molecule has 0 bridgehead atoms. The fraction of sp³-hybridized carbons (Fsp3) is 0.464. The van der Waals surface area contributed by atoms with Crippen LogP contribution in [0.1, 0.15) is 57.4 Å². The molecule has 3 heterocycles. The van der Waals surface area contributed by atoms with Crippen LogP contribution in [0.2, 0.25) is 0 Å². The fourth-order valence-corrected chi connectivity index (χ4v) is 6.05. The molecule has 41 heavy (non-hydrogen) atoms. The molecule has 0 aliphatic rings. The van der Waals surface area contributed by atoms with Crippen molar-refractivity contribution >= 4 is 27.5 Å². The van der Waals surface area contributed by atoms with Crippen molar-refractivity contribution in [2.75, 3.05) is 13.2 Å². The van der Waals surface area contributed by atoms with E-state index in [1.807, 2.05) is 6.92 Å². The molecule has 1 amide bonds. The second-order valence-electron chi connectivity index (χ2n) is 10.5. The molecule has 3 aromatic heterocycles. The lowest BCUT2D eigenvalue weighted by atomic mass is 9.99. The molecule has 0 spiro atoms. The first-order valence-corrected chi connectivity index (χ1v) is 14.2. The highest BCUT2D eigenvalue weighted by Crippen LogP contribution is 2.33. The number of carbonyl (C=O) groups is 1. The predicted octanol–water partition coefficient (Wildman–Crippen LogP) is 2.83. The van der Waals surface area contributed by atoms with E-state index in [4.69, 9.17) is 4.74 Å². The second kappa shape index (κ2) is 12.0.